The molecule has 2 rings (SSSR count). The van der Waals surface area contributed by atoms with Crippen LogP contribution in [0.15, 0.2) is 18.2 Å². The number of alkyl halides is 1. The normalized spacial score (nSPS) is 19.9. The van der Waals surface area contributed by atoms with Gasteiger partial charge in [0.2, 0.25) is 0 Å². The summed E-state index contributed by atoms with van der Waals surface area (Å²) in [7, 11) is 0. The minimum absolute atomic E-state index is 0.0488. The highest BCUT2D eigenvalue weighted by molar-refractivity contribution is 14.1. The molecule has 1 aromatic rings. The zero-order valence-corrected chi connectivity index (χ0v) is 13.3. The van der Waals surface area contributed by atoms with Crippen LogP contribution >= 0.6 is 38.5 Å². The van der Waals surface area contributed by atoms with E-state index in [1.54, 1.807) is 17.0 Å². The van der Waals surface area contributed by atoms with E-state index in [2.05, 4.69) is 15.9 Å². The third-order valence-corrected chi connectivity index (χ3v) is 4.52. The second kappa shape index (κ2) is 6.21. The van der Waals surface area contributed by atoms with Crippen LogP contribution in [0, 0.1) is 3.57 Å². The van der Waals surface area contributed by atoms with Gasteiger partial charge in [0, 0.05) is 17.4 Å². The lowest BCUT2D eigenvalue weighted by atomic mass is 10.1. The Hall–Kier alpha value is -0.340. The minimum atomic E-state index is -0.0607. The van der Waals surface area contributed by atoms with Gasteiger partial charge in [-0.2, -0.15) is 0 Å². The maximum Gasteiger partial charge on any atom is 0.254 e. The van der Waals surface area contributed by atoms with E-state index in [1.165, 1.54) is 6.07 Å². The summed E-state index contributed by atoms with van der Waals surface area (Å²) in [5.74, 6) is 0.0829. The standard InChI is InChI=1S/C12H13BrINO3/c13-6-9-7-18-4-3-15(9)12(17)8-1-2-10(14)11(16)5-8/h1-2,5,9,16H,3-4,6-7H2. The number of phenols is 1. The van der Waals surface area contributed by atoms with Crippen molar-refractivity contribution < 1.29 is 14.6 Å². The summed E-state index contributed by atoms with van der Waals surface area (Å²) < 4.78 is 6.10. The first-order valence-corrected chi connectivity index (χ1v) is 7.76. The molecule has 0 spiro atoms. The van der Waals surface area contributed by atoms with Crippen LogP contribution in [-0.2, 0) is 4.74 Å². The highest BCUT2D eigenvalue weighted by Crippen LogP contribution is 2.22. The molecule has 18 heavy (non-hydrogen) atoms. The fraction of sp³-hybridized carbons (Fsp3) is 0.417. The summed E-state index contributed by atoms with van der Waals surface area (Å²) in [4.78, 5) is 14.2. The number of halogens is 2. The molecule has 0 bridgehead atoms. The van der Waals surface area contributed by atoms with Crippen LogP contribution in [0.4, 0.5) is 0 Å². The van der Waals surface area contributed by atoms with E-state index in [4.69, 9.17) is 4.74 Å². The number of hydrogen-bond acceptors (Lipinski definition) is 3. The van der Waals surface area contributed by atoms with Crippen molar-refractivity contribution in [2.75, 3.05) is 25.1 Å². The summed E-state index contributed by atoms with van der Waals surface area (Å²) in [6.45, 7) is 1.70. The molecule has 0 saturated carbocycles. The van der Waals surface area contributed by atoms with Crippen LogP contribution in [0.3, 0.4) is 0 Å². The van der Waals surface area contributed by atoms with Gasteiger partial charge in [0.25, 0.3) is 5.91 Å². The number of rotatable bonds is 2. The predicted molar refractivity (Wildman–Crippen MR) is 80.3 cm³/mol. The number of carbonyl (C=O) groups excluding carboxylic acids is 1. The molecule has 1 atom stereocenters. The van der Waals surface area contributed by atoms with Crippen LogP contribution in [0.1, 0.15) is 10.4 Å². The van der Waals surface area contributed by atoms with Crippen molar-refractivity contribution >= 4 is 44.4 Å². The molecule has 1 aliphatic heterocycles. The number of phenolic OH excluding ortho intramolecular Hbond substituents is 1. The van der Waals surface area contributed by atoms with Gasteiger partial charge in [-0.15, -0.1) is 0 Å². The van der Waals surface area contributed by atoms with E-state index in [0.717, 1.165) is 3.57 Å². The van der Waals surface area contributed by atoms with Crippen molar-refractivity contribution in [2.45, 2.75) is 6.04 Å². The minimum Gasteiger partial charge on any atom is -0.507 e. The third-order valence-electron chi connectivity index (χ3n) is 2.86. The van der Waals surface area contributed by atoms with Gasteiger partial charge in [0.1, 0.15) is 5.75 Å². The van der Waals surface area contributed by atoms with Gasteiger partial charge in [-0.25, -0.2) is 0 Å². The van der Waals surface area contributed by atoms with Gasteiger partial charge in [-0.1, -0.05) is 15.9 Å². The quantitative estimate of drug-likeness (QED) is 0.584. The molecule has 1 unspecified atom stereocenters. The molecular formula is C12H13BrINO3. The Labute approximate surface area is 128 Å². The predicted octanol–water partition coefficient (Wildman–Crippen LogP) is 2.23. The van der Waals surface area contributed by atoms with E-state index >= 15 is 0 Å². The molecule has 1 saturated heterocycles. The Kier molecular flexibility index (Phi) is 4.85. The van der Waals surface area contributed by atoms with Crippen molar-refractivity contribution in [3.63, 3.8) is 0 Å². The maximum absolute atomic E-state index is 12.4. The largest absolute Gasteiger partial charge is 0.507 e. The molecule has 4 nitrogen and oxygen atoms in total. The lowest BCUT2D eigenvalue weighted by molar-refractivity contribution is 0.00523. The van der Waals surface area contributed by atoms with Gasteiger partial charge >= 0.3 is 0 Å². The van der Waals surface area contributed by atoms with Crippen LogP contribution in [-0.4, -0.2) is 47.0 Å². The van der Waals surface area contributed by atoms with Crippen molar-refractivity contribution in [1.82, 2.24) is 4.90 Å². The smallest absolute Gasteiger partial charge is 0.254 e. The van der Waals surface area contributed by atoms with Crippen LogP contribution in [0.5, 0.6) is 5.75 Å². The molecule has 0 radical (unpaired) electrons. The second-order valence-corrected chi connectivity index (χ2v) is 5.86. The number of benzene rings is 1. The first-order chi connectivity index (χ1) is 8.63. The number of nitrogens with zero attached hydrogens (tertiary/aromatic N) is 1. The fourth-order valence-corrected chi connectivity index (χ4v) is 2.73. The summed E-state index contributed by atoms with van der Waals surface area (Å²) in [5.41, 5.74) is 0.515. The lowest BCUT2D eigenvalue weighted by Gasteiger charge is -2.34. The number of amides is 1. The summed E-state index contributed by atoms with van der Waals surface area (Å²) in [6, 6.07) is 5.05. The molecule has 0 aliphatic carbocycles. The van der Waals surface area contributed by atoms with E-state index in [1.807, 2.05) is 22.6 Å². The maximum atomic E-state index is 12.4. The summed E-state index contributed by atoms with van der Waals surface area (Å²) >= 11 is 5.42. The molecule has 1 aromatic carbocycles. The van der Waals surface area contributed by atoms with Crippen LogP contribution < -0.4 is 0 Å². The number of aromatic hydroxyl groups is 1. The first kappa shape index (κ1) is 14.1. The van der Waals surface area contributed by atoms with Crippen molar-refractivity contribution in [3.8, 4) is 5.75 Å². The number of ether oxygens (including phenoxy) is 1. The molecule has 0 aromatic heterocycles. The average Bonchev–Trinajstić information content (AvgIpc) is 2.41. The molecule has 1 fully saturated rings. The fourth-order valence-electron chi connectivity index (χ4n) is 1.86. The Morgan fingerprint density at radius 2 is 2.39 bits per heavy atom. The van der Waals surface area contributed by atoms with Crippen molar-refractivity contribution in [2.24, 2.45) is 0 Å². The number of morpholine rings is 1. The topological polar surface area (TPSA) is 49.8 Å². The van der Waals surface area contributed by atoms with E-state index in [9.17, 15) is 9.90 Å². The van der Waals surface area contributed by atoms with Crippen molar-refractivity contribution in [1.29, 1.82) is 0 Å². The first-order valence-electron chi connectivity index (χ1n) is 5.56. The van der Waals surface area contributed by atoms with Gasteiger partial charge in [0.05, 0.1) is 22.8 Å². The molecule has 6 heteroatoms. The van der Waals surface area contributed by atoms with E-state index < -0.39 is 0 Å². The Morgan fingerprint density at radius 3 is 3.06 bits per heavy atom. The molecule has 1 aliphatic rings. The molecule has 1 N–H and O–H groups in total. The van der Waals surface area contributed by atoms with Crippen LogP contribution in [0.25, 0.3) is 0 Å². The Morgan fingerprint density at radius 1 is 1.61 bits per heavy atom. The van der Waals surface area contributed by atoms with Gasteiger partial charge in [-0.3, -0.25) is 4.79 Å². The number of carbonyl (C=O) groups is 1. The van der Waals surface area contributed by atoms with Gasteiger partial charge in [0.15, 0.2) is 0 Å². The monoisotopic (exact) mass is 425 g/mol. The summed E-state index contributed by atoms with van der Waals surface area (Å²) in [6.07, 6.45) is 0. The highest BCUT2D eigenvalue weighted by atomic mass is 127. The lowest BCUT2D eigenvalue weighted by Crippen LogP contribution is -2.49. The van der Waals surface area contributed by atoms with Gasteiger partial charge < -0.3 is 14.7 Å². The molecule has 1 amide bonds. The second-order valence-electron chi connectivity index (χ2n) is 4.05. The molecule has 1 heterocycles. The molecule has 98 valence electrons. The molecular weight excluding hydrogens is 413 g/mol. The Balaban J connectivity index is 2.21. The van der Waals surface area contributed by atoms with Crippen molar-refractivity contribution in [3.05, 3.63) is 27.3 Å². The van der Waals surface area contributed by atoms with Crippen LogP contribution in [0.2, 0.25) is 0 Å². The van der Waals surface area contributed by atoms with Gasteiger partial charge in [-0.05, 0) is 40.8 Å². The number of hydrogen-bond donors (Lipinski definition) is 1. The van der Waals surface area contributed by atoms with E-state index in [0.29, 0.717) is 30.7 Å². The van der Waals surface area contributed by atoms with E-state index in [-0.39, 0.29) is 17.7 Å². The zero-order chi connectivity index (χ0) is 13.1. The SMILES string of the molecule is O=C(c1ccc(I)c(O)c1)N1CCOCC1CBr. The summed E-state index contributed by atoms with van der Waals surface area (Å²) in [5, 5.41) is 10.3. The Bertz CT molecular complexity index is 455. The third kappa shape index (κ3) is 2.97. The highest BCUT2D eigenvalue weighted by Gasteiger charge is 2.27. The average molecular weight is 426 g/mol. The zero-order valence-electron chi connectivity index (χ0n) is 9.60.